The van der Waals surface area contributed by atoms with Crippen molar-refractivity contribution in [2.45, 2.75) is 38.4 Å². The Morgan fingerprint density at radius 2 is 1.82 bits per heavy atom. The van der Waals surface area contributed by atoms with Crippen LogP contribution >= 0.6 is 23.2 Å². The third-order valence-electron chi connectivity index (χ3n) is 5.44. The number of alkyl halides is 3. The Hall–Kier alpha value is -3.88. The van der Waals surface area contributed by atoms with Crippen LogP contribution in [0.3, 0.4) is 0 Å². The van der Waals surface area contributed by atoms with Gasteiger partial charge in [0.1, 0.15) is 6.54 Å². The number of carbonyl (C=O) groups is 1. The average molecular weight is 586 g/mol. The van der Waals surface area contributed by atoms with Crippen molar-refractivity contribution < 1.29 is 27.8 Å². The second-order valence-electron chi connectivity index (χ2n) is 8.30. The van der Waals surface area contributed by atoms with Crippen LogP contribution in [0.4, 0.5) is 18.0 Å². The minimum atomic E-state index is -4.97. The van der Waals surface area contributed by atoms with E-state index < -0.39 is 36.7 Å². The van der Waals surface area contributed by atoms with Gasteiger partial charge in [0.05, 0.1) is 12.2 Å². The number of hydrogen-bond acceptors (Lipinski definition) is 7. The highest BCUT2D eigenvalue weighted by Crippen LogP contribution is 2.25. The summed E-state index contributed by atoms with van der Waals surface area (Å²) in [4.78, 5) is 28.9. The van der Waals surface area contributed by atoms with Crippen LogP contribution < -0.4 is 11.4 Å². The zero-order valence-electron chi connectivity index (χ0n) is 20.0. The number of halogens is 5. The van der Waals surface area contributed by atoms with Crippen molar-refractivity contribution in [2.24, 2.45) is 5.73 Å². The summed E-state index contributed by atoms with van der Waals surface area (Å²) < 4.78 is 47.3. The van der Waals surface area contributed by atoms with Crippen LogP contribution in [0.5, 0.6) is 0 Å². The van der Waals surface area contributed by atoms with Crippen molar-refractivity contribution in [1.82, 2.24) is 29.1 Å². The second kappa shape index (κ2) is 11.1. The Morgan fingerprint density at radius 1 is 1.13 bits per heavy atom. The summed E-state index contributed by atoms with van der Waals surface area (Å²) in [5.74, 6) is -0.000433. The van der Waals surface area contributed by atoms with Crippen molar-refractivity contribution in [1.29, 1.82) is 0 Å². The largest absolute Gasteiger partial charge is 0.438 e. The van der Waals surface area contributed by atoms with Gasteiger partial charge in [0.2, 0.25) is 0 Å². The topological polar surface area (TPSA) is 143 Å². The zero-order chi connectivity index (χ0) is 28.5. The van der Waals surface area contributed by atoms with Gasteiger partial charge in [0.15, 0.2) is 29.7 Å². The molecule has 11 nitrogen and oxygen atoms in total. The molecule has 0 aliphatic heterocycles. The van der Waals surface area contributed by atoms with Crippen LogP contribution in [0.25, 0.3) is 17.1 Å². The van der Waals surface area contributed by atoms with Gasteiger partial charge in [0, 0.05) is 15.6 Å². The molecule has 0 spiro atoms. The van der Waals surface area contributed by atoms with Crippen molar-refractivity contribution in [3.05, 3.63) is 80.7 Å². The highest BCUT2D eigenvalue weighted by Gasteiger charge is 2.39. The molecule has 0 saturated heterocycles. The molecule has 0 radical (unpaired) electrons. The number of amides is 1. The molecular formula is C23H20Cl2F3N7O4. The van der Waals surface area contributed by atoms with E-state index in [0.717, 1.165) is 4.68 Å². The molecule has 2 aromatic heterocycles. The first kappa shape index (κ1) is 28.1. The van der Waals surface area contributed by atoms with Gasteiger partial charge in [-0.15, -0.1) is 10.2 Å². The quantitative estimate of drug-likeness (QED) is 0.320. The number of primary amides is 1. The first-order valence-electron chi connectivity index (χ1n) is 11.2. The highest BCUT2D eigenvalue weighted by molar-refractivity contribution is 6.31. The Balaban J connectivity index is 1.78. The number of aromatic nitrogens is 6. The van der Waals surface area contributed by atoms with E-state index in [1.54, 1.807) is 24.3 Å². The van der Waals surface area contributed by atoms with Gasteiger partial charge in [-0.05, 0) is 49.4 Å². The lowest BCUT2D eigenvalue weighted by Crippen LogP contribution is -2.37. The molecule has 1 amide bonds. The first-order chi connectivity index (χ1) is 18.3. The molecule has 4 aromatic rings. The van der Waals surface area contributed by atoms with Gasteiger partial charge < -0.3 is 15.6 Å². The van der Waals surface area contributed by atoms with Gasteiger partial charge in [-0.2, -0.15) is 13.2 Å². The van der Waals surface area contributed by atoms with Gasteiger partial charge in [-0.1, -0.05) is 29.3 Å². The Labute approximate surface area is 228 Å². The summed E-state index contributed by atoms with van der Waals surface area (Å²) >= 11 is 12.0. The van der Waals surface area contributed by atoms with Crippen LogP contribution in [0.1, 0.15) is 24.7 Å². The third kappa shape index (κ3) is 6.41. The second-order valence-corrected chi connectivity index (χ2v) is 9.17. The van der Waals surface area contributed by atoms with E-state index in [1.165, 1.54) is 35.9 Å². The fourth-order valence-electron chi connectivity index (χ4n) is 3.66. The van der Waals surface area contributed by atoms with Crippen LogP contribution in [0.15, 0.2) is 53.3 Å². The smallest absolute Gasteiger partial charge is 0.416 e. The molecule has 2 atom stereocenters. The standard InChI is InChI=1S/C23H20Cl2F3N7O4/c1-12(39-21(29)37)19-30-18(31-35(19)16-4-2-3-15(25)9-16)11-34-22(38)33(10-17(36)23(26,27)28)20(32-34)13-5-7-14(24)8-6-13/h2-9,12,17,36H,10-11H2,1H3,(H2,29,37)/t12?,17-/m0/s1. The van der Waals surface area contributed by atoms with Gasteiger partial charge in [-0.25, -0.2) is 23.9 Å². The molecule has 3 N–H and O–H groups in total. The minimum Gasteiger partial charge on any atom is -0.438 e. The number of benzene rings is 2. The zero-order valence-corrected chi connectivity index (χ0v) is 21.5. The number of hydrogen-bond donors (Lipinski definition) is 2. The predicted molar refractivity (Wildman–Crippen MR) is 134 cm³/mol. The molecule has 16 heteroatoms. The summed E-state index contributed by atoms with van der Waals surface area (Å²) in [5.41, 5.74) is 4.92. The number of ether oxygens (including phenoxy) is 1. The number of carbonyl (C=O) groups excluding carboxylic acids is 1. The molecule has 0 aliphatic rings. The molecule has 0 bridgehead atoms. The number of nitrogens with two attached hydrogens (primary N) is 1. The van der Waals surface area contributed by atoms with Crippen LogP contribution in [0.2, 0.25) is 10.0 Å². The van der Waals surface area contributed by atoms with E-state index in [4.69, 9.17) is 33.7 Å². The predicted octanol–water partition coefficient (Wildman–Crippen LogP) is 3.73. The number of aliphatic hydroxyl groups is 1. The number of nitrogens with zero attached hydrogens (tertiary/aromatic N) is 6. The lowest BCUT2D eigenvalue weighted by atomic mass is 10.2. The van der Waals surface area contributed by atoms with Crippen LogP contribution in [-0.4, -0.2) is 52.6 Å². The maximum Gasteiger partial charge on any atom is 0.416 e. The summed E-state index contributed by atoms with van der Waals surface area (Å²) in [6.07, 6.45) is -9.82. The van der Waals surface area contributed by atoms with Crippen molar-refractivity contribution in [3.63, 3.8) is 0 Å². The fourth-order valence-corrected chi connectivity index (χ4v) is 3.97. The summed E-state index contributed by atoms with van der Waals surface area (Å²) in [6.45, 7) is 0.0233. The molecule has 1 unspecified atom stereocenters. The van der Waals surface area contributed by atoms with Gasteiger partial charge >= 0.3 is 18.0 Å². The number of aliphatic hydroxyl groups excluding tert-OH is 1. The molecule has 2 aromatic carbocycles. The van der Waals surface area contributed by atoms with E-state index in [2.05, 4.69) is 15.2 Å². The molecule has 0 aliphatic carbocycles. The number of rotatable bonds is 8. The minimum absolute atomic E-state index is 0.00988. The molecule has 2 heterocycles. The van der Waals surface area contributed by atoms with Gasteiger partial charge in [0.25, 0.3) is 0 Å². The van der Waals surface area contributed by atoms with E-state index >= 15 is 0 Å². The van der Waals surface area contributed by atoms with Crippen molar-refractivity contribution in [3.8, 4) is 17.1 Å². The Bertz CT molecular complexity index is 1550. The van der Waals surface area contributed by atoms with Crippen molar-refractivity contribution in [2.75, 3.05) is 0 Å². The summed E-state index contributed by atoms with van der Waals surface area (Å²) in [5, 5.41) is 19.0. The maximum atomic E-state index is 13.2. The lowest BCUT2D eigenvalue weighted by molar-refractivity contribution is -0.207. The maximum absolute atomic E-state index is 13.2. The van der Waals surface area contributed by atoms with Crippen LogP contribution in [-0.2, 0) is 17.8 Å². The van der Waals surface area contributed by atoms with E-state index in [1.807, 2.05) is 0 Å². The van der Waals surface area contributed by atoms with Crippen molar-refractivity contribution >= 4 is 29.3 Å². The normalized spacial score (nSPS) is 13.3. The van der Waals surface area contributed by atoms with Crippen LogP contribution in [0, 0.1) is 0 Å². The fraction of sp³-hybridized carbons (Fsp3) is 0.261. The molecule has 206 valence electrons. The molecule has 0 saturated carbocycles. The average Bonchev–Trinajstić information content (AvgIpc) is 3.41. The molecular weight excluding hydrogens is 566 g/mol. The highest BCUT2D eigenvalue weighted by atomic mass is 35.5. The van der Waals surface area contributed by atoms with E-state index in [-0.39, 0.29) is 29.6 Å². The SMILES string of the molecule is CC(OC(N)=O)c1nc(Cn2nc(-c3ccc(Cl)cc3)n(C[C@H](O)C(F)(F)F)c2=O)nn1-c1cccc(Cl)c1. The monoisotopic (exact) mass is 585 g/mol. The summed E-state index contributed by atoms with van der Waals surface area (Å²) in [6, 6.07) is 12.4. The first-order valence-corrected chi connectivity index (χ1v) is 11.9. The molecule has 39 heavy (non-hydrogen) atoms. The Kier molecular flexibility index (Phi) is 7.99. The van der Waals surface area contributed by atoms with Gasteiger partial charge in [-0.3, -0.25) is 4.57 Å². The summed E-state index contributed by atoms with van der Waals surface area (Å²) in [7, 11) is 0. The molecule has 0 fully saturated rings. The van der Waals surface area contributed by atoms with E-state index in [9.17, 15) is 27.9 Å². The molecule has 4 rings (SSSR count). The Morgan fingerprint density at radius 3 is 2.44 bits per heavy atom. The lowest BCUT2D eigenvalue weighted by Gasteiger charge is -2.15. The van der Waals surface area contributed by atoms with E-state index in [0.29, 0.717) is 20.3 Å². The third-order valence-corrected chi connectivity index (χ3v) is 5.92.